The fraction of sp³-hybridized carbons (Fsp3) is 0.435. The molecule has 5 nitrogen and oxygen atoms in total. The lowest BCUT2D eigenvalue weighted by Gasteiger charge is -2.39. The number of carbonyl (C=O) groups is 1. The molecule has 0 aliphatic carbocycles. The Labute approximate surface area is 175 Å². The summed E-state index contributed by atoms with van der Waals surface area (Å²) >= 11 is 1.55. The monoisotopic (exact) mass is 406 g/mol. The first-order chi connectivity index (χ1) is 14.0. The number of benzene rings is 1. The SMILES string of the molecule is CCc1cc(SCC(=O)N2[C@@H](C)CCC[C@@H]2C)n2c(nc3ccccc32)c1C#N. The number of hydrogen-bond donors (Lipinski definition) is 0. The van der Waals surface area contributed by atoms with Gasteiger partial charge in [-0.05, 0) is 63.3 Å². The van der Waals surface area contributed by atoms with Crippen molar-refractivity contribution in [3.63, 3.8) is 0 Å². The lowest BCUT2D eigenvalue weighted by molar-refractivity contribution is -0.134. The number of thioether (sulfide) groups is 1. The third-order valence-corrected chi connectivity index (χ3v) is 6.93. The number of piperidine rings is 1. The molecule has 1 amide bonds. The van der Waals surface area contributed by atoms with Crippen molar-refractivity contribution in [2.75, 3.05) is 5.75 Å². The van der Waals surface area contributed by atoms with Gasteiger partial charge < -0.3 is 4.90 Å². The van der Waals surface area contributed by atoms with Crippen LogP contribution in [0.15, 0.2) is 35.4 Å². The first-order valence-corrected chi connectivity index (χ1v) is 11.3. The van der Waals surface area contributed by atoms with Gasteiger partial charge in [0.1, 0.15) is 6.07 Å². The van der Waals surface area contributed by atoms with Crippen LogP contribution in [0.3, 0.4) is 0 Å². The van der Waals surface area contributed by atoms with Crippen molar-refractivity contribution >= 4 is 34.3 Å². The number of para-hydroxylation sites is 2. The van der Waals surface area contributed by atoms with Gasteiger partial charge in [0.25, 0.3) is 0 Å². The first-order valence-electron chi connectivity index (χ1n) is 10.3. The van der Waals surface area contributed by atoms with E-state index < -0.39 is 0 Å². The number of aromatic nitrogens is 2. The van der Waals surface area contributed by atoms with E-state index in [-0.39, 0.29) is 5.91 Å². The van der Waals surface area contributed by atoms with Gasteiger partial charge >= 0.3 is 0 Å². The molecule has 3 heterocycles. The molecule has 1 aromatic carbocycles. The number of likely N-dealkylation sites (tertiary alicyclic amines) is 1. The van der Waals surface area contributed by atoms with E-state index in [1.54, 1.807) is 11.8 Å². The van der Waals surface area contributed by atoms with Gasteiger partial charge in [-0.2, -0.15) is 5.26 Å². The van der Waals surface area contributed by atoms with Crippen LogP contribution >= 0.6 is 11.8 Å². The molecule has 0 saturated carbocycles. The van der Waals surface area contributed by atoms with Crippen LogP contribution in [0, 0.1) is 11.3 Å². The van der Waals surface area contributed by atoms with Gasteiger partial charge in [-0.1, -0.05) is 30.8 Å². The summed E-state index contributed by atoms with van der Waals surface area (Å²) in [7, 11) is 0. The van der Waals surface area contributed by atoms with Crippen molar-refractivity contribution < 1.29 is 4.79 Å². The summed E-state index contributed by atoms with van der Waals surface area (Å²) in [4.78, 5) is 19.8. The van der Waals surface area contributed by atoms with E-state index in [2.05, 4.69) is 30.9 Å². The van der Waals surface area contributed by atoms with Crippen molar-refractivity contribution in [3.8, 4) is 6.07 Å². The number of fused-ring (bicyclic) bond motifs is 3. The molecule has 4 rings (SSSR count). The summed E-state index contributed by atoms with van der Waals surface area (Å²) in [6.45, 7) is 6.35. The standard InChI is InChI=1S/C23H26N4OS/c1-4-17-12-22(29-14-21(28)26-15(2)8-7-9-16(26)3)27-20-11-6-5-10-19(20)25-23(27)18(17)13-24/h5-6,10-12,15-16H,4,7-9,14H2,1-3H3/t15-,16-/m0/s1. The summed E-state index contributed by atoms with van der Waals surface area (Å²) in [6, 6.07) is 12.9. The van der Waals surface area contributed by atoms with Gasteiger partial charge in [-0.25, -0.2) is 4.98 Å². The fourth-order valence-corrected chi connectivity index (χ4v) is 5.44. The van der Waals surface area contributed by atoms with Crippen molar-refractivity contribution in [1.82, 2.24) is 14.3 Å². The average molecular weight is 407 g/mol. The lowest BCUT2D eigenvalue weighted by Crippen LogP contribution is -2.48. The highest BCUT2D eigenvalue weighted by atomic mass is 32.2. The smallest absolute Gasteiger partial charge is 0.233 e. The Kier molecular flexibility index (Phi) is 5.51. The molecule has 29 heavy (non-hydrogen) atoms. The summed E-state index contributed by atoms with van der Waals surface area (Å²) < 4.78 is 2.04. The van der Waals surface area contributed by atoms with E-state index in [0.29, 0.717) is 29.0 Å². The Morgan fingerprint density at radius 3 is 2.69 bits per heavy atom. The molecule has 3 aromatic rings. The second-order valence-corrected chi connectivity index (χ2v) is 8.82. The molecule has 2 atom stereocenters. The predicted molar refractivity (Wildman–Crippen MR) is 117 cm³/mol. The zero-order valence-corrected chi connectivity index (χ0v) is 18.0. The van der Waals surface area contributed by atoms with Crippen LogP contribution in [0.4, 0.5) is 0 Å². The van der Waals surface area contributed by atoms with E-state index in [1.165, 1.54) is 6.42 Å². The van der Waals surface area contributed by atoms with Gasteiger partial charge in [-0.3, -0.25) is 9.20 Å². The number of amides is 1. The molecule has 0 N–H and O–H groups in total. The molecule has 1 fully saturated rings. The fourth-order valence-electron chi connectivity index (χ4n) is 4.48. The molecule has 150 valence electrons. The lowest BCUT2D eigenvalue weighted by atomic mass is 9.98. The molecule has 0 spiro atoms. The number of aryl methyl sites for hydroxylation is 1. The van der Waals surface area contributed by atoms with E-state index in [1.807, 2.05) is 35.6 Å². The number of imidazole rings is 1. The summed E-state index contributed by atoms with van der Waals surface area (Å²) in [6.07, 6.45) is 4.10. The molecule has 1 saturated heterocycles. The Morgan fingerprint density at radius 2 is 2.00 bits per heavy atom. The number of carbonyl (C=O) groups excluding carboxylic acids is 1. The van der Waals surface area contributed by atoms with Crippen LogP contribution in [-0.4, -0.2) is 38.0 Å². The van der Waals surface area contributed by atoms with Gasteiger partial charge in [0.2, 0.25) is 5.91 Å². The predicted octanol–water partition coefficient (Wildman–Crippen LogP) is 4.80. The van der Waals surface area contributed by atoms with Crippen molar-refractivity contribution in [1.29, 1.82) is 5.26 Å². The second kappa shape index (κ2) is 8.08. The first kappa shape index (κ1) is 19.8. The molecule has 0 unspecified atom stereocenters. The highest BCUT2D eigenvalue weighted by Gasteiger charge is 2.29. The zero-order valence-electron chi connectivity index (χ0n) is 17.2. The molecule has 1 aliphatic heterocycles. The topological polar surface area (TPSA) is 61.4 Å². The molecule has 2 aromatic heterocycles. The third-order valence-electron chi connectivity index (χ3n) is 5.94. The Balaban J connectivity index is 1.73. The molecular formula is C23H26N4OS. The summed E-state index contributed by atoms with van der Waals surface area (Å²) in [5.41, 5.74) is 4.12. The molecule has 6 heteroatoms. The van der Waals surface area contributed by atoms with E-state index >= 15 is 0 Å². The highest BCUT2D eigenvalue weighted by Crippen LogP contribution is 2.31. The van der Waals surface area contributed by atoms with Crippen LogP contribution in [0.1, 0.15) is 51.2 Å². The number of pyridine rings is 1. The minimum Gasteiger partial charge on any atom is -0.337 e. The van der Waals surface area contributed by atoms with Crippen LogP contribution in [0.5, 0.6) is 0 Å². The van der Waals surface area contributed by atoms with E-state index in [9.17, 15) is 10.1 Å². The van der Waals surface area contributed by atoms with Gasteiger partial charge in [0.05, 0.1) is 27.4 Å². The Hall–Kier alpha value is -2.52. The normalized spacial score (nSPS) is 19.6. The van der Waals surface area contributed by atoms with Gasteiger partial charge in [0.15, 0.2) is 5.65 Å². The maximum atomic E-state index is 13.0. The number of nitrogens with zero attached hydrogens (tertiary/aromatic N) is 4. The minimum atomic E-state index is 0.190. The second-order valence-electron chi connectivity index (χ2n) is 7.83. The van der Waals surface area contributed by atoms with Crippen LogP contribution in [0.2, 0.25) is 0 Å². The quantitative estimate of drug-likeness (QED) is 0.584. The number of nitriles is 1. The molecule has 0 radical (unpaired) electrons. The summed E-state index contributed by atoms with van der Waals surface area (Å²) in [5.74, 6) is 0.584. The van der Waals surface area contributed by atoms with Crippen LogP contribution in [-0.2, 0) is 11.2 Å². The number of rotatable bonds is 4. The van der Waals surface area contributed by atoms with Gasteiger partial charge in [0, 0.05) is 12.1 Å². The van der Waals surface area contributed by atoms with Crippen molar-refractivity contribution in [2.45, 2.75) is 63.6 Å². The summed E-state index contributed by atoms with van der Waals surface area (Å²) in [5, 5.41) is 10.7. The molecule has 1 aliphatic rings. The maximum absolute atomic E-state index is 13.0. The van der Waals surface area contributed by atoms with Crippen LogP contribution in [0.25, 0.3) is 16.7 Å². The largest absolute Gasteiger partial charge is 0.337 e. The maximum Gasteiger partial charge on any atom is 0.233 e. The Bertz CT molecular complexity index is 1100. The van der Waals surface area contributed by atoms with Crippen molar-refractivity contribution in [3.05, 3.63) is 41.5 Å². The Morgan fingerprint density at radius 1 is 1.28 bits per heavy atom. The molecule has 0 bridgehead atoms. The number of hydrogen-bond acceptors (Lipinski definition) is 4. The van der Waals surface area contributed by atoms with Gasteiger partial charge in [-0.15, -0.1) is 0 Å². The zero-order chi connectivity index (χ0) is 20.5. The van der Waals surface area contributed by atoms with Crippen LogP contribution < -0.4 is 0 Å². The minimum absolute atomic E-state index is 0.190. The molecular weight excluding hydrogens is 380 g/mol. The third kappa shape index (κ3) is 3.49. The van der Waals surface area contributed by atoms with E-state index in [4.69, 9.17) is 4.98 Å². The van der Waals surface area contributed by atoms with E-state index in [0.717, 1.165) is 40.9 Å². The van der Waals surface area contributed by atoms with Crippen molar-refractivity contribution in [2.24, 2.45) is 0 Å². The highest BCUT2D eigenvalue weighted by molar-refractivity contribution is 7.99. The average Bonchev–Trinajstić information content (AvgIpc) is 3.11.